The number of rotatable bonds is 6. The highest BCUT2D eigenvalue weighted by Crippen LogP contribution is 2.32. The van der Waals surface area contributed by atoms with Gasteiger partial charge in [0.1, 0.15) is 5.82 Å². The minimum Gasteiger partial charge on any atom is -0.345 e. The third-order valence-corrected chi connectivity index (χ3v) is 3.87. The van der Waals surface area contributed by atoms with E-state index in [9.17, 15) is 0 Å². The van der Waals surface area contributed by atoms with Gasteiger partial charge >= 0.3 is 0 Å². The summed E-state index contributed by atoms with van der Waals surface area (Å²) in [7, 11) is 0. The minimum absolute atomic E-state index is 0.102. The van der Waals surface area contributed by atoms with Gasteiger partial charge in [0.25, 0.3) is 0 Å². The van der Waals surface area contributed by atoms with E-state index in [1.165, 1.54) is 37.1 Å². The molecule has 0 spiro atoms. The summed E-state index contributed by atoms with van der Waals surface area (Å²) >= 11 is 0. The summed E-state index contributed by atoms with van der Waals surface area (Å²) in [5.41, 5.74) is 2.80. The van der Waals surface area contributed by atoms with E-state index in [2.05, 4.69) is 53.5 Å². The summed E-state index contributed by atoms with van der Waals surface area (Å²) in [5.74, 6) is 2.29. The van der Waals surface area contributed by atoms with Crippen molar-refractivity contribution in [3.05, 3.63) is 17.2 Å². The Kier molecular flexibility index (Phi) is 5.64. The van der Waals surface area contributed by atoms with Crippen LogP contribution >= 0.6 is 0 Å². The number of nitrogens with one attached hydrogen (secondary N) is 1. The number of hydrogen-bond acceptors (Lipinski definition) is 1. The van der Waals surface area contributed by atoms with Crippen LogP contribution in [0.4, 0.5) is 0 Å². The average Bonchev–Trinajstić information content (AvgIpc) is 2.74. The molecule has 1 aromatic heterocycles. The Balaban J connectivity index is 3.14. The van der Waals surface area contributed by atoms with Gasteiger partial charge in [0.15, 0.2) is 0 Å². The molecule has 19 heavy (non-hydrogen) atoms. The smallest absolute Gasteiger partial charge is 0.112 e. The van der Waals surface area contributed by atoms with Gasteiger partial charge in [0, 0.05) is 17.0 Å². The van der Waals surface area contributed by atoms with Crippen LogP contribution in [0.25, 0.3) is 0 Å². The van der Waals surface area contributed by atoms with Crippen molar-refractivity contribution >= 4 is 0 Å². The van der Waals surface area contributed by atoms with Crippen LogP contribution in [0, 0.1) is 0 Å². The first-order valence-electron chi connectivity index (χ1n) is 7.91. The Morgan fingerprint density at radius 3 is 2.00 bits per heavy atom. The zero-order valence-electron chi connectivity index (χ0n) is 13.9. The quantitative estimate of drug-likeness (QED) is 0.720. The SMILES string of the molecule is CCCC(C)c1nc(C(C)(C)C)[nH]c1C(C)CCC. The maximum absolute atomic E-state index is 4.95. The van der Waals surface area contributed by atoms with Gasteiger partial charge in [-0.3, -0.25) is 0 Å². The van der Waals surface area contributed by atoms with Gasteiger partial charge in [0.2, 0.25) is 0 Å². The van der Waals surface area contributed by atoms with Crippen molar-refractivity contribution in [2.24, 2.45) is 0 Å². The second-order valence-electron chi connectivity index (χ2n) is 7.01. The minimum atomic E-state index is 0.102. The van der Waals surface area contributed by atoms with Crippen LogP contribution in [0.5, 0.6) is 0 Å². The maximum atomic E-state index is 4.95. The molecular weight excluding hydrogens is 232 g/mol. The lowest BCUT2D eigenvalue weighted by molar-refractivity contribution is 0.546. The summed E-state index contributed by atoms with van der Waals surface area (Å²) in [6, 6.07) is 0. The molecule has 0 aliphatic rings. The van der Waals surface area contributed by atoms with E-state index in [-0.39, 0.29) is 5.41 Å². The van der Waals surface area contributed by atoms with Gasteiger partial charge < -0.3 is 4.98 Å². The molecule has 2 atom stereocenters. The summed E-state index contributed by atoms with van der Waals surface area (Å²) in [5, 5.41) is 0. The van der Waals surface area contributed by atoms with Crippen molar-refractivity contribution in [3.8, 4) is 0 Å². The summed E-state index contributed by atoms with van der Waals surface area (Å²) in [6.45, 7) is 15.8. The number of aromatic nitrogens is 2. The number of nitrogens with zero attached hydrogens (tertiary/aromatic N) is 1. The van der Waals surface area contributed by atoms with Gasteiger partial charge in [-0.05, 0) is 18.8 Å². The highest BCUT2D eigenvalue weighted by atomic mass is 15.0. The van der Waals surface area contributed by atoms with Gasteiger partial charge in [-0.2, -0.15) is 0 Å². The second-order valence-corrected chi connectivity index (χ2v) is 7.01. The van der Waals surface area contributed by atoms with E-state index in [1.54, 1.807) is 0 Å². The molecular formula is C17H32N2. The molecule has 0 radical (unpaired) electrons. The van der Waals surface area contributed by atoms with Crippen molar-refractivity contribution in [1.29, 1.82) is 0 Å². The van der Waals surface area contributed by atoms with Gasteiger partial charge in [-0.25, -0.2) is 4.98 Å². The highest BCUT2D eigenvalue weighted by Gasteiger charge is 2.25. The lowest BCUT2D eigenvalue weighted by atomic mass is 9.93. The summed E-state index contributed by atoms with van der Waals surface area (Å²) < 4.78 is 0. The molecule has 2 unspecified atom stereocenters. The van der Waals surface area contributed by atoms with Crippen molar-refractivity contribution < 1.29 is 0 Å². The Morgan fingerprint density at radius 2 is 1.53 bits per heavy atom. The molecule has 0 aliphatic carbocycles. The Morgan fingerprint density at radius 1 is 1.00 bits per heavy atom. The zero-order chi connectivity index (χ0) is 14.6. The normalized spacial score (nSPS) is 15.5. The molecule has 0 aliphatic heterocycles. The molecule has 2 nitrogen and oxygen atoms in total. The highest BCUT2D eigenvalue weighted by molar-refractivity contribution is 5.24. The fourth-order valence-corrected chi connectivity index (χ4v) is 2.65. The van der Waals surface area contributed by atoms with Crippen LogP contribution in [0.3, 0.4) is 0 Å². The number of H-pyrrole nitrogens is 1. The fourth-order valence-electron chi connectivity index (χ4n) is 2.65. The van der Waals surface area contributed by atoms with Gasteiger partial charge in [-0.1, -0.05) is 61.3 Å². The molecule has 2 heteroatoms. The van der Waals surface area contributed by atoms with E-state index in [0.29, 0.717) is 11.8 Å². The van der Waals surface area contributed by atoms with Gasteiger partial charge in [0.05, 0.1) is 5.69 Å². The lowest BCUT2D eigenvalue weighted by Gasteiger charge is -2.15. The van der Waals surface area contributed by atoms with Crippen molar-refractivity contribution in [2.75, 3.05) is 0 Å². The predicted octanol–water partition coefficient (Wildman–Crippen LogP) is 5.51. The van der Waals surface area contributed by atoms with Crippen LogP contribution in [0.1, 0.15) is 103 Å². The first-order chi connectivity index (χ1) is 8.81. The van der Waals surface area contributed by atoms with Crippen molar-refractivity contribution in [1.82, 2.24) is 9.97 Å². The molecule has 1 rings (SSSR count). The Bertz CT molecular complexity index is 355. The first kappa shape index (κ1) is 16.3. The van der Waals surface area contributed by atoms with E-state index in [4.69, 9.17) is 4.98 Å². The van der Waals surface area contributed by atoms with Gasteiger partial charge in [-0.15, -0.1) is 0 Å². The third-order valence-electron chi connectivity index (χ3n) is 3.87. The standard InChI is InChI=1S/C17H32N2/c1-8-10-12(3)14-15(13(4)11-9-2)19-16(18-14)17(5,6)7/h12-13H,8-11H2,1-7H3,(H,18,19). The van der Waals surface area contributed by atoms with Crippen LogP contribution in [-0.2, 0) is 5.41 Å². The average molecular weight is 264 g/mol. The van der Waals surface area contributed by atoms with Crippen LogP contribution in [0.2, 0.25) is 0 Å². The Hall–Kier alpha value is -0.790. The molecule has 1 aromatic rings. The second kappa shape index (κ2) is 6.58. The predicted molar refractivity (Wildman–Crippen MR) is 83.9 cm³/mol. The van der Waals surface area contributed by atoms with Crippen LogP contribution in [-0.4, -0.2) is 9.97 Å². The number of hydrogen-bond donors (Lipinski definition) is 1. The van der Waals surface area contributed by atoms with Crippen molar-refractivity contribution in [3.63, 3.8) is 0 Å². The van der Waals surface area contributed by atoms with Crippen LogP contribution < -0.4 is 0 Å². The summed E-state index contributed by atoms with van der Waals surface area (Å²) in [6.07, 6.45) is 4.91. The van der Waals surface area contributed by atoms with E-state index >= 15 is 0 Å². The Labute approximate surface area is 119 Å². The molecule has 1 N–H and O–H groups in total. The topological polar surface area (TPSA) is 28.7 Å². The first-order valence-corrected chi connectivity index (χ1v) is 7.91. The molecule has 0 bridgehead atoms. The lowest BCUT2D eigenvalue weighted by Crippen LogP contribution is -2.13. The monoisotopic (exact) mass is 264 g/mol. The fraction of sp³-hybridized carbons (Fsp3) is 0.824. The molecule has 0 saturated heterocycles. The van der Waals surface area contributed by atoms with E-state index in [1.807, 2.05) is 0 Å². The van der Waals surface area contributed by atoms with E-state index in [0.717, 1.165) is 5.82 Å². The molecule has 0 amide bonds. The van der Waals surface area contributed by atoms with Crippen molar-refractivity contribution in [2.45, 2.75) is 91.4 Å². The van der Waals surface area contributed by atoms with E-state index < -0.39 is 0 Å². The zero-order valence-corrected chi connectivity index (χ0v) is 13.9. The largest absolute Gasteiger partial charge is 0.345 e. The molecule has 0 aromatic carbocycles. The number of aromatic amines is 1. The number of imidazole rings is 1. The molecule has 0 fully saturated rings. The molecule has 0 saturated carbocycles. The molecule has 1 heterocycles. The van der Waals surface area contributed by atoms with Crippen LogP contribution in [0.15, 0.2) is 0 Å². The maximum Gasteiger partial charge on any atom is 0.112 e. The molecule has 110 valence electrons. The third kappa shape index (κ3) is 4.09. The summed E-state index contributed by atoms with van der Waals surface area (Å²) in [4.78, 5) is 8.58.